The number of nitrogens with zero attached hydrogens (tertiary/aromatic N) is 2. The number of fused-ring (bicyclic) bond motifs is 1. The Bertz CT molecular complexity index is 735. The molecule has 5 nitrogen and oxygen atoms in total. The van der Waals surface area contributed by atoms with Gasteiger partial charge in [0.25, 0.3) is 0 Å². The Hall–Kier alpha value is -2.56. The zero-order valence-electron chi connectivity index (χ0n) is 12.0. The molecule has 0 saturated carbocycles. The first kappa shape index (κ1) is 13.4. The lowest BCUT2D eigenvalue weighted by molar-refractivity contribution is 0.266. The van der Waals surface area contributed by atoms with Gasteiger partial charge in [-0.15, -0.1) is 0 Å². The Morgan fingerprint density at radius 3 is 2.52 bits per heavy atom. The van der Waals surface area contributed by atoms with E-state index in [9.17, 15) is 0 Å². The predicted octanol–water partition coefficient (Wildman–Crippen LogP) is 3.51. The van der Waals surface area contributed by atoms with Crippen LogP contribution in [0.5, 0.6) is 11.5 Å². The number of aryl methyl sites for hydroxylation is 1. The number of oxazole rings is 1. The Morgan fingerprint density at radius 2 is 1.81 bits per heavy atom. The van der Waals surface area contributed by atoms with Gasteiger partial charge in [0.2, 0.25) is 11.6 Å². The van der Waals surface area contributed by atoms with Crippen molar-refractivity contribution in [1.82, 2.24) is 9.97 Å². The summed E-state index contributed by atoms with van der Waals surface area (Å²) in [5.41, 5.74) is 2.33. The molecule has 0 aliphatic heterocycles. The number of pyridine rings is 1. The molecule has 0 aliphatic rings. The molecule has 0 fully saturated rings. The molecule has 3 aromatic rings. The van der Waals surface area contributed by atoms with Gasteiger partial charge in [0.15, 0.2) is 6.61 Å². The minimum Gasteiger partial charge on any atom is -0.494 e. The van der Waals surface area contributed by atoms with E-state index < -0.39 is 0 Å². The van der Waals surface area contributed by atoms with Crippen LogP contribution in [0.4, 0.5) is 0 Å². The number of hydrogen-bond donors (Lipinski definition) is 0. The van der Waals surface area contributed by atoms with Crippen LogP contribution in [0.25, 0.3) is 11.2 Å². The van der Waals surface area contributed by atoms with Gasteiger partial charge >= 0.3 is 0 Å². The fourth-order valence-corrected chi connectivity index (χ4v) is 1.97. The molecule has 0 unspecified atom stereocenters. The maximum absolute atomic E-state index is 5.65. The molecule has 3 rings (SSSR count). The van der Waals surface area contributed by atoms with E-state index in [1.165, 1.54) is 0 Å². The number of ether oxygens (including phenoxy) is 2. The van der Waals surface area contributed by atoms with Gasteiger partial charge in [0.05, 0.1) is 6.61 Å². The normalized spacial score (nSPS) is 10.8. The summed E-state index contributed by atoms with van der Waals surface area (Å²) < 4.78 is 16.6. The van der Waals surface area contributed by atoms with E-state index in [-0.39, 0.29) is 6.61 Å². The Kier molecular flexibility index (Phi) is 3.73. The van der Waals surface area contributed by atoms with E-state index in [1.807, 2.05) is 44.2 Å². The lowest BCUT2D eigenvalue weighted by Crippen LogP contribution is -1.96. The van der Waals surface area contributed by atoms with Crippen LogP contribution in [0, 0.1) is 6.92 Å². The molecule has 0 radical (unpaired) electrons. The van der Waals surface area contributed by atoms with Crippen molar-refractivity contribution in [2.24, 2.45) is 0 Å². The summed E-state index contributed by atoms with van der Waals surface area (Å²) >= 11 is 0. The number of rotatable bonds is 5. The van der Waals surface area contributed by atoms with Crippen LogP contribution in [0.15, 0.2) is 40.9 Å². The number of benzene rings is 1. The first-order valence-corrected chi connectivity index (χ1v) is 6.82. The highest BCUT2D eigenvalue weighted by atomic mass is 16.5. The molecule has 0 N–H and O–H groups in total. The summed E-state index contributed by atoms with van der Waals surface area (Å²) in [6.45, 7) is 4.84. The summed E-state index contributed by atoms with van der Waals surface area (Å²) in [5.74, 6) is 2.08. The van der Waals surface area contributed by atoms with Gasteiger partial charge in [-0.05, 0) is 49.7 Å². The highest BCUT2D eigenvalue weighted by molar-refractivity contribution is 5.68. The molecule has 1 aromatic carbocycles. The molecule has 21 heavy (non-hydrogen) atoms. The highest BCUT2D eigenvalue weighted by Gasteiger charge is 2.07. The maximum Gasteiger partial charge on any atom is 0.247 e. The molecule has 5 heteroatoms. The van der Waals surface area contributed by atoms with E-state index in [0.29, 0.717) is 18.2 Å². The van der Waals surface area contributed by atoms with Crippen LogP contribution >= 0.6 is 0 Å². The van der Waals surface area contributed by atoms with Crippen molar-refractivity contribution in [2.45, 2.75) is 20.5 Å². The van der Waals surface area contributed by atoms with E-state index in [4.69, 9.17) is 13.9 Å². The first-order chi connectivity index (χ1) is 10.2. The van der Waals surface area contributed by atoms with Crippen molar-refractivity contribution >= 4 is 11.2 Å². The standard InChI is InChI=1S/C16H16N2O3/c1-3-19-12-4-6-13(7-5-12)20-10-15-18-14-8-11(2)9-17-16(14)21-15/h4-9H,3,10H2,1-2H3. The van der Waals surface area contributed by atoms with Gasteiger partial charge in [-0.2, -0.15) is 0 Å². The van der Waals surface area contributed by atoms with Crippen LogP contribution < -0.4 is 9.47 Å². The van der Waals surface area contributed by atoms with Crippen molar-refractivity contribution in [1.29, 1.82) is 0 Å². The van der Waals surface area contributed by atoms with Gasteiger partial charge in [-0.1, -0.05) is 0 Å². The topological polar surface area (TPSA) is 57.4 Å². The van der Waals surface area contributed by atoms with Crippen molar-refractivity contribution < 1.29 is 13.9 Å². The van der Waals surface area contributed by atoms with Gasteiger partial charge in [0.1, 0.15) is 17.0 Å². The largest absolute Gasteiger partial charge is 0.494 e. The molecule has 2 heterocycles. The average Bonchev–Trinajstić information content (AvgIpc) is 2.89. The summed E-state index contributed by atoms with van der Waals surface area (Å²) in [4.78, 5) is 8.54. The molecule has 0 spiro atoms. The first-order valence-electron chi connectivity index (χ1n) is 6.82. The van der Waals surface area contributed by atoms with E-state index in [2.05, 4.69) is 9.97 Å². The Labute approximate surface area is 122 Å². The molecular weight excluding hydrogens is 268 g/mol. The Balaban J connectivity index is 1.68. The van der Waals surface area contributed by atoms with Crippen molar-refractivity contribution in [3.63, 3.8) is 0 Å². The fraction of sp³-hybridized carbons (Fsp3) is 0.250. The third-order valence-corrected chi connectivity index (χ3v) is 2.93. The summed E-state index contributed by atoms with van der Waals surface area (Å²) in [5, 5.41) is 0. The van der Waals surface area contributed by atoms with Gasteiger partial charge in [-0.25, -0.2) is 9.97 Å². The van der Waals surface area contributed by atoms with Crippen molar-refractivity contribution in [3.8, 4) is 11.5 Å². The second-order valence-corrected chi connectivity index (χ2v) is 4.64. The van der Waals surface area contributed by atoms with Crippen LogP contribution in [0.2, 0.25) is 0 Å². The number of hydrogen-bond acceptors (Lipinski definition) is 5. The van der Waals surface area contributed by atoms with E-state index in [1.54, 1.807) is 6.20 Å². The highest BCUT2D eigenvalue weighted by Crippen LogP contribution is 2.20. The summed E-state index contributed by atoms with van der Waals surface area (Å²) in [6, 6.07) is 9.39. The zero-order chi connectivity index (χ0) is 14.7. The van der Waals surface area contributed by atoms with Gasteiger partial charge in [0, 0.05) is 6.20 Å². The van der Waals surface area contributed by atoms with Crippen molar-refractivity contribution in [3.05, 3.63) is 48.0 Å². The Morgan fingerprint density at radius 1 is 1.10 bits per heavy atom. The van der Waals surface area contributed by atoms with Crippen molar-refractivity contribution in [2.75, 3.05) is 6.61 Å². The fourth-order valence-electron chi connectivity index (χ4n) is 1.97. The van der Waals surface area contributed by atoms with Crippen LogP contribution in [-0.4, -0.2) is 16.6 Å². The van der Waals surface area contributed by atoms with Gasteiger partial charge in [-0.3, -0.25) is 0 Å². The lowest BCUT2D eigenvalue weighted by Gasteiger charge is -2.05. The van der Waals surface area contributed by atoms with E-state index >= 15 is 0 Å². The maximum atomic E-state index is 5.65. The second kappa shape index (κ2) is 5.83. The molecule has 108 valence electrons. The molecule has 0 bridgehead atoms. The zero-order valence-corrected chi connectivity index (χ0v) is 12.0. The third kappa shape index (κ3) is 3.13. The quantitative estimate of drug-likeness (QED) is 0.717. The smallest absolute Gasteiger partial charge is 0.247 e. The predicted molar refractivity (Wildman–Crippen MR) is 78.5 cm³/mol. The minimum atomic E-state index is 0.267. The van der Waals surface area contributed by atoms with E-state index in [0.717, 1.165) is 22.6 Å². The third-order valence-electron chi connectivity index (χ3n) is 2.93. The molecular formula is C16H16N2O3. The molecule has 2 aromatic heterocycles. The molecule has 0 atom stereocenters. The second-order valence-electron chi connectivity index (χ2n) is 4.64. The SMILES string of the molecule is CCOc1ccc(OCc2nc3cc(C)cnc3o2)cc1. The average molecular weight is 284 g/mol. The molecule has 0 amide bonds. The molecule has 0 saturated heterocycles. The number of aromatic nitrogens is 2. The van der Waals surface area contributed by atoms with Gasteiger partial charge < -0.3 is 13.9 Å². The summed E-state index contributed by atoms with van der Waals surface area (Å²) in [6.07, 6.45) is 1.75. The van der Waals surface area contributed by atoms with Crippen LogP contribution in [0.3, 0.4) is 0 Å². The monoisotopic (exact) mass is 284 g/mol. The minimum absolute atomic E-state index is 0.267. The molecule has 0 aliphatic carbocycles. The summed E-state index contributed by atoms with van der Waals surface area (Å²) in [7, 11) is 0. The van der Waals surface area contributed by atoms with Crippen LogP contribution in [-0.2, 0) is 6.61 Å². The van der Waals surface area contributed by atoms with Crippen LogP contribution in [0.1, 0.15) is 18.4 Å². The lowest BCUT2D eigenvalue weighted by atomic mass is 10.3.